The van der Waals surface area contributed by atoms with Crippen molar-refractivity contribution in [3.63, 3.8) is 0 Å². The molecule has 0 atom stereocenters. The minimum absolute atomic E-state index is 0.200. The van der Waals surface area contributed by atoms with E-state index in [4.69, 9.17) is 4.74 Å². The average Bonchev–Trinajstić information content (AvgIpc) is 2.45. The first kappa shape index (κ1) is 17.7. The SMILES string of the molecule is Cc1ccc(C(=O)Nc2cccc(C(=O)OC(C)(C)C)c2)c(C)c1. The number of ether oxygens (including phenoxy) is 1. The highest BCUT2D eigenvalue weighted by molar-refractivity contribution is 6.05. The molecule has 0 unspecified atom stereocenters. The smallest absolute Gasteiger partial charge is 0.338 e. The second kappa shape index (κ2) is 6.87. The van der Waals surface area contributed by atoms with Crippen LogP contribution >= 0.6 is 0 Å². The lowest BCUT2D eigenvalue weighted by molar-refractivity contribution is 0.00694. The van der Waals surface area contributed by atoms with Gasteiger partial charge < -0.3 is 10.1 Å². The number of benzene rings is 2. The Balaban J connectivity index is 2.17. The van der Waals surface area contributed by atoms with Crippen LogP contribution in [0.3, 0.4) is 0 Å². The van der Waals surface area contributed by atoms with Crippen molar-refractivity contribution in [2.45, 2.75) is 40.2 Å². The molecule has 0 saturated carbocycles. The van der Waals surface area contributed by atoms with Crippen LogP contribution in [0.5, 0.6) is 0 Å². The van der Waals surface area contributed by atoms with E-state index in [1.54, 1.807) is 30.3 Å². The summed E-state index contributed by atoms with van der Waals surface area (Å²) in [5.74, 6) is -0.612. The summed E-state index contributed by atoms with van der Waals surface area (Å²) >= 11 is 0. The van der Waals surface area contributed by atoms with Gasteiger partial charge in [-0.2, -0.15) is 0 Å². The van der Waals surface area contributed by atoms with E-state index in [9.17, 15) is 9.59 Å². The van der Waals surface area contributed by atoms with E-state index in [1.165, 1.54) is 0 Å². The number of esters is 1. The van der Waals surface area contributed by atoms with Crippen LogP contribution in [0.25, 0.3) is 0 Å². The summed E-state index contributed by atoms with van der Waals surface area (Å²) in [6.45, 7) is 9.34. The quantitative estimate of drug-likeness (QED) is 0.845. The summed E-state index contributed by atoms with van der Waals surface area (Å²) in [5.41, 5.74) is 3.04. The number of rotatable bonds is 3. The molecule has 0 aliphatic carbocycles. The second-order valence-electron chi connectivity index (χ2n) is 6.86. The highest BCUT2D eigenvalue weighted by Gasteiger charge is 2.18. The zero-order valence-electron chi connectivity index (χ0n) is 14.8. The van der Waals surface area contributed by atoms with Gasteiger partial charge in [-0.3, -0.25) is 4.79 Å². The first-order chi connectivity index (χ1) is 11.2. The number of carbonyl (C=O) groups excluding carboxylic acids is 2. The van der Waals surface area contributed by atoms with Crippen molar-refractivity contribution in [2.24, 2.45) is 0 Å². The third-order valence-corrected chi connectivity index (χ3v) is 3.38. The molecular weight excluding hydrogens is 302 g/mol. The van der Waals surface area contributed by atoms with Crippen molar-refractivity contribution >= 4 is 17.6 Å². The summed E-state index contributed by atoms with van der Waals surface area (Å²) in [6.07, 6.45) is 0. The molecule has 0 bridgehead atoms. The molecule has 0 saturated heterocycles. The Kier molecular flexibility index (Phi) is 5.07. The van der Waals surface area contributed by atoms with E-state index in [2.05, 4.69) is 5.32 Å². The lowest BCUT2D eigenvalue weighted by Gasteiger charge is -2.19. The van der Waals surface area contributed by atoms with E-state index in [-0.39, 0.29) is 5.91 Å². The molecule has 0 spiro atoms. The first-order valence-electron chi connectivity index (χ1n) is 7.88. The molecule has 1 amide bonds. The van der Waals surface area contributed by atoms with Crippen LogP contribution in [0.15, 0.2) is 42.5 Å². The molecule has 0 heterocycles. The molecule has 1 N–H and O–H groups in total. The number of aryl methyl sites for hydroxylation is 2. The molecule has 0 radical (unpaired) electrons. The van der Waals surface area contributed by atoms with Gasteiger partial charge in [-0.15, -0.1) is 0 Å². The maximum absolute atomic E-state index is 12.4. The Hall–Kier alpha value is -2.62. The van der Waals surface area contributed by atoms with E-state index in [0.717, 1.165) is 11.1 Å². The Morgan fingerprint density at radius 2 is 1.71 bits per heavy atom. The van der Waals surface area contributed by atoms with Gasteiger partial charge in [0.1, 0.15) is 5.60 Å². The molecule has 24 heavy (non-hydrogen) atoms. The monoisotopic (exact) mass is 325 g/mol. The average molecular weight is 325 g/mol. The molecule has 126 valence electrons. The topological polar surface area (TPSA) is 55.4 Å². The highest BCUT2D eigenvalue weighted by atomic mass is 16.6. The first-order valence-corrected chi connectivity index (χ1v) is 7.88. The van der Waals surface area contributed by atoms with Crippen LogP contribution in [0.2, 0.25) is 0 Å². The number of nitrogens with one attached hydrogen (secondary N) is 1. The zero-order chi connectivity index (χ0) is 17.9. The van der Waals surface area contributed by atoms with Gasteiger partial charge in [0.25, 0.3) is 5.91 Å². The molecule has 0 aliphatic rings. The Labute approximate surface area is 142 Å². The minimum atomic E-state index is -0.560. The molecular formula is C20H23NO3. The van der Waals surface area contributed by atoms with Gasteiger partial charge in [0.2, 0.25) is 0 Å². The van der Waals surface area contributed by atoms with E-state index < -0.39 is 11.6 Å². The molecule has 0 aromatic heterocycles. The van der Waals surface area contributed by atoms with Crippen LogP contribution in [0.1, 0.15) is 52.6 Å². The standard InChI is InChI=1S/C20H23NO3/c1-13-9-10-17(14(2)11-13)18(22)21-16-8-6-7-15(12-16)19(23)24-20(3,4)5/h6-12H,1-5H3,(H,21,22). The van der Waals surface area contributed by atoms with Gasteiger partial charge in [0.05, 0.1) is 5.56 Å². The fourth-order valence-electron chi connectivity index (χ4n) is 2.33. The van der Waals surface area contributed by atoms with E-state index in [0.29, 0.717) is 16.8 Å². The molecule has 0 aliphatic heterocycles. The van der Waals surface area contributed by atoms with Crippen LogP contribution in [-0.4, -0.2) is 17.5 Å². The molecule has 2 aromatic carbocycles. The van der Waals surface area contributed by atoms with E-state index >= 15 is 0 Å². The van der Waals surface area contributed by atoms with Crippen molar-refractivity contribution < 1.29 is 14.3 Å². The lowest BCUT2D eigenvalue weighted by atomic mass is 10.1. The molecule has 2 aromatic rings. The number of hydrogen-bond donors (Lipinski definition) is 1. The molecule has 0 fully saturated rings. The minimum Gasteiger partial charge on any atom is -0.456 e. The summed E-state index contributed by atoms with van der Waals surface area (Å²) in [4.78, 5) is 24.6. The number of amides is 1. The maximum atomic E-state index is 12.4. The predicted molar refractivity (Wildman–Crippen MR) is 95.5 cm³/mol. The van der Waals surface area contributed by atoms with Crippen molar-refractivity contribution in [1.82, 2.24) is 0 Å². The van der Waals surface area contributed by atoms with Crippen molar-refractivity contribution in [1.29, 1.82) is 0 Å². The summed E-state index contributed by atoms with van der Waals surface area (Å²) < 4.78 is 5.35. The lowest BCUT2D eigenvalue weighted by Crippen LogP contribution is -2.24. The van der Waals surface area contributed by atoms with Crippen LogP contribution < -0.4 is 5.32 Å². The summed E-state index contributed by atoms with van der Waals surface area (Å²) in [6, 6.07) is 12.4. The Morgan fingerprint density at radius 1 is 1.00 bits per heavy atom. The van der Waals surface area contributed by atoms with Gasteiger partial charge in [-0.25, -0.2) is 4.79 Å². The second-order valence-corrected chi connectivity index (χ2v) is 6.86. The number of hydrogen-bond acceptors (Lipinski definition) is 3. The third-order valence-electron chi connectivity index (χ3n) is 3.38. The predicted octanol–water partition coefficient (Wildman–Crippen LogP) is 4.51. The van der Waals surface area contributed by atoms with E-state index in [1.807, 2.05) is 46.8 Å². The molecule has 4 nitrogen and oxygen atoms in total. The Bertz CT molecular complexity index is 773. The summed E-state index contributed by atoms with van der Waals surface area (Å²) in [7, 11) is 0. The van der Waals surface area contributed by atoms with Crippen molar-refractivity contribution in [2.75, 3.05) is 5.32 Å². The number of anilines is 1. The molecule has 4 heteroatoms. The van der Waals surface area contributed by atoms with Gasteiger partial charge in [-0.05, 0) is 64.4 Å². The summed E-state index contributed by atoms with van der Waals surface area (Å²) in [5, 5.41) is 2.83. The normalized spacial score (nSPS) is 11.0. The van der Waals surface area contributed by atoms with Crippen LogP contribution in [0, 0.1) is 13.8 Å². The molecule has 2 rings (SSSR count). The number of carbonyl (C=O) groups is 2. The fourth-order valence-corrected chi connectivity index (χ4v) is 2.33. The largest absolute Gasteiger partial charge is 0.456 e. The van der Waals surface area contributed by atoms with Crippen molar-refractivity contribution in [3.8, 4) is 0 Å². The zero-order valence-corrected chi connectivity index (χ0v) is 14.8. The fraction of sp³-hybridized carbons (Fsp3) is 0.300. The van der Waals surface area contributed by atoms with Gasteiger partial charge in [0.15, 0.2) is 0 Å². The van der Waals surface area contributed by atoms with Crippen molar-refractivity contribution in [3.05, 3.63) is 64.7 Å². The van der Waals surface area contributed by atoms with Gasteiger partial charge >= 0.3 is 5.97 Å². The third kappa shape index (κ3) is 4.69. The maximum Gasteiger partial charge on any atom is 0.338 e. The van der Waals surface area contributed by atoms with Gasteiger partial charge in [-0.1, -0.05) is 23.8 Å². The Morgan fingerprint density at radius 3 is 2.33 bits per heavy atom. The highest BCUT2D eigenvalue weighted by Crippen LogP contribution is 2.18. The van der Waals surface area contributed by atoms with Gasteiger partial charge in [0, 0.05) is 11.3 Å². The van der Waals surface area contributed by atoms with Crippen LogP contribution in [-0.2, 0) is 4.74 Å². The van der Waals surface area contributed by atoms with Crippen LogP contribution in [0.4, 0.5) is 5.69 Å².